The van der Waals surface area contributed by atoms with Crippen molar-refractivity contribution < 1.29 is 33.4 Å². The molecule has 13 nitrogen and oxygen atoms in total. The number of imidazole rings is 1. The van der Waals surface area contributed by atoms with Gasteiger partial charge in [0.1, 0.15) is 29.8 Å². The number of likely N-dealkylation sites (tertiary alicyclic amines) is 1. The minimum absolute atomic E-state index is 0.00576. The molecule has 288 valence electrons. The van der Waals surface area contributed by atoms with Gasteiger partial charge in [-0.15, -0.1) is 0 Å². The Morgan fingerprint density at radius 1 is 0.909 bits per heavy atom. The largest absolute Gasteiger partial charge is 0.490 e. The Bertz CT molecular complexity index is 2050. The summed E-state index contributed by atoms with van der Waals surface area (Å²) in [6, 6.07) is 20.8. The lowest BCUT2D eigenvalue weighted by Gasteiger charge is -2.33. The van der Waals surface area contributed by atoms with E-state index in [1.54, 1.807) is 69.0 Å². The van der Waals surface area contributed by atoms with Crippen molar-refractivity contribution in [3.63, 3.8) is 0 Å². The van der Waals surface area contributed by atoms with Crippen LogP contribution >= 0.6 is 0 Å². The fraction of sp³-hybridized carbons (Fsp3) is 0.429. The third-order valence-corrected chi connectivity index (χ3v) is 9.87. The van der Waals surface area contributed by atoms with Gasteiger partial charge in [0.2, 0.25) is 5.91 Å². The molecule has 3 amide bonds. The number of hydrogen-bond acceptors (Lipinski definition) is 9. The molecular formula is C42H48N6O7. The van der Waals surface area contributed by atoms with Gasteiger partial charge in [-0.25, -0.2) is 14.6 Å². The summed E-state index contributed by atoms with van der Waals surface area (Å²) in [5.41, 5.74) is 2.26. The zero-order valence-electron chi connectivity index (χ0n) is 31.9. The van der Waals surface area contributed by atoms with Crippen LogP contribution in [-0.2, 0) is 27.4 Å². The molecule has 0 unspecified atom stereocenters. The van der Waals surface area contributed by atoms with Crippen LogP contribution in [0.5, 0.6) is 5.75 Å². The van der Waals surface area contributed by atoms with E-state index < -0.39 is 11.6 Å². The molecule has 13 heteroatoms. The Morgan fingerprint density at radius 3 is 2.22 bits per heavy atom. The summed E-state index contributed by atoms with van der Waals surface area (Å²) in [6.07, 6.45) is 6.06. The number of hydrogen-bond donors (Lipinski definition) is 1. The molecular weight excluding hydrogens is 700 g/mol. The van der Waals surface area contributed by atoms with E-state index in [-0.39, 0.29) is 43.1 Å². The number of aromatic nitrogens is 2. The lowest BCUT2D eigenvalue weighted by molar-refractivity contribution is -0.122. The van der Waals surface area contributed by atoms with E-state index >= 15 is 0 Å². The molecule has 1 aliphatic carbocycles. The van der Waals surface area contributed by atoms with Crippen molar-refractivity contribution in [1.82, 2.24) is 19.8 Å². The van der Waals surface area contributed by atoms with Crippen LogP contribution in [0.15, 0.2) is 66.7 Å². The number of esters is 1. The smallest absolute Gasteiger partial charge is 0.410 e. The number of carbonyl (C=O) groups is 4. The van der Waals surface area contributed by atoms with Gasteiger partial charge < -0.3 is 33.9 Å². The summed E-state index contributed by atoms with van der Waals surface area (Å²) < 4.78 is 18.5. The normalized spacial score (nSPS) is 15.2. The maximum absolute atomic E-state index is 14.4. The average Bonchev–Trinajstić information content (AvgIpc) is 3.52. The van der Waals surface area contributed by atoms with Crippen LogP contribution < -0.4 is 15.0 Å². The standard InChI is InChI=1S/C42H48N6O7/c1-42(2,3)55-41(52)46-22-20-34(21-23-46)54-33-17-15-32(16-18-33)47(39(50)29-11-13-30(14-12-29)40(51)53-4)26-37-45-35-24-28(25-43)10-19-36(35)48(37)27-38(49)44-31-8-6-5-7-9-31/h10-19,24,31,34H,5-9,20-23,26-27H2,1-4H3,(H,44,49). The molecule has 4 aromatic rings. The quantitative estimate of drug-likeness (QED) is 0.173. The number of methoxy groups -OCH3 is 1. The Morgan fingerprint density at radius 2 is 1.58 bits per heavy atom. The summed E-state index contributed by atoms with van der Waals surface area (Å²) in [5.74, 6) is 0.0541. The minimum atomic E-state index is -0.565. The van der Waals surface area contributed by atoms with E-state index in [0.29, 0.717) is 70.9 Å². The van der Waals surface area contributed by atoms with E-state index in [2.05, 4.69) is 11.4 Å². The number of carbonyl (C=O) groups excluding carboxylic acids is 4. The number of nitriles is 1. The topological polar surface area (TPSA) is 156 Å². The SMILES string of the molecule is COC(=O)c1ccc(C(=O)N(Cc2nc3cc(C#N)ccc3n2CC(=O)NC2CCCCC2)c2ccc(OC3CCN(C(=O)OC(C)(C)C)CC3)cc2)cc1. The number of anilines is 1. The Balaban J connectivity index is 1.26. The zero-order valence-corrected chi connectivity index (χ0v) is 31.9. The maximum Gasteiger partial charge on any atom is 0.410 e. The van der Waals surface area contributed by atoms with Crippen molar-refractivity contribution >= 4 is 40.6 Å². The summed E-state index contributed by atoms with van der Waals surface area (Å²) in [7, 11) is 1.30. The highest BCUT2D eigenvalue weighted by Gasteiger charge is 2.29. The highest BCUT2D eigenvalue weighted by atomic mass is 16.6. The van der Waals surface area contributed by atoms with Gasteiger partial charge >= 0.3 is 12.1 Å². The third kappa shape index (κ3) is 9.81. The second-order valence-electron chi connectivity index (χ2n) is 15.1. The van der Waals surface area contributed by atoms with E-state index in [1.165, 1.54) is 25.7 Å². The molecule has 2 heterocycles. The molecule has 1 saturated carbocycles. The Kier molecular flexibility index (Phi) is 12.0. The molecule has 1 aromatic heterocycles. The molecule has 1 aliphatic heterocycles. The van der Waals surface area contributed by atoms with E-state index in [1.807, 2.05) is 20.8 Å². The number of ether oxygens (including phenoxy) is 3. The van der Waals surface area contributed by atoms with Gasteiger partial charge in [-0.05, 0) is 100 Å². The van der Waals surface area contributed by atoms with Gasteiger partial charge in [-0.1, -0.05) is 19.3 Å². The third-order valence-electron chi connectivity index (χ3n) is 9.87. The molecule has 0 bridgehead atoms. The molecule has 1 saturated heterocycles. The van der Waals surface area contributed by atoms with Gasteiger partial charge in [-0.3, -0.25) is 9.59 Å². The van der Waals surface area contributed by atoms with Crippen molar-refractivity contribution in [1.29, 1.82) is 5.26 Å². The van der Waals surface area contributed by atoms with Crippen LogP contribution in [0.25, 0.3) is 11.0 Å². The number of nitrogens with one attached hydrogen (secondary N) is 1. The second-order valence-corrected chi connectivity index (χ2v) is 15.1. The van der Waals surface area contributed by atoms with Gasteiger partial charge in [0, 0.05) is 43.2 Å². The molecule has 6 rings (SSSR count). The van der Waals surface area contributed by atoms with E-state index in [4.69, 9.17) is 19.2 Å². The molecule has 0 atom stereocenters. The molecule has 2 aliphatic rings. The average molecular weight is 749 g/mol. The van der Waals surface area contributed by atoms with Crippen molar-refractivity contribution in [2.24, 2.45) is 0 Å². The van der Waals surface area contributed by atoms with E-state index in [9.17, 15) is 24.4 Å². The van der Waals surface area contributed by atoms with Gasteiger partial charge in [0.25, 0.3) is 5.91 Å². The number of fused-ring (bicyclic) bond motifs is 1. The number of nitrogens with zero attached hydrogens (tertiary/aromatic N) is 5. The van der Waals surface area contributed by atoms with Gasteiger partial charge in [0.15, 0.2) is 0 Å². The highest BCUT2D eigenvalue weighted by Crippen LogP contribution is 2.28. The summed E-state index contributed by atoms with van der Waals surface area (Å²) in [5, 5.41) is 12.8. The number of amides is 3. The molecule has 0 spiro atoms. The molecule has 0 radical (unpaired) electrons. The first-order valence-electron chi connectivity index (χ1n) is 18.8. The zero-order chi connectivity index (χ0) is 39.1. The van der Waals surface area contributed by atoms with Crippen molar-refractivity contribution in [3.05, 3.63) is 89.2 Å². The summed E-state index contributed by atoms with van der Waals surface area (Å²) in [6.45, 7) is 6.56. The Hall–Kier alpha value is -5.90. The van der Waals surface area contributed by atoms with Crippen molar-refractivity contribution in [2.75, 3.05) is 25.1 Å². The first kappa shape index (κ1) is 38.8. The van der Waals surface area contributed by atoms with Crippen molar-refractivity contribution in [2.45, 2.75) is 96.6 Å². The number of benzene rings is 3. The van der Waals surface area contributed by atoms with Crippen molar-refractivity contribution in [3.8, 4) is 11.8 Å². The first-order chi connectivity index (χ1) is 26.4. The van der Waals surface area contributed by atoms with Gasteiger partial charge in [0.05, 0.1) is 41.9 Å². The maximum atomic E-state index is 14.4. The molecule has 55 heavy (non-hydrogen) atoms. The van der Waals surface area contributed by atoms with E-state index in [0.717, 1.165) is 25.7 Å². The predicted octanol–water partition coefficient (Wildman–Crippen LogP) is 6.77. The summed E-state index contributed by atoms with van der Waals surface area (Å²) >= 11 is 0. The van der Waals surface area contributed by atoms with Crippen LogP contribution in [0.1, 0.15) is 97.8 Å². The number of piperidine rings is 1. The lowest BCUT2D eigenvalue weighted by Crippen LogP contribution is -2.44. The fourth-order valence-corrected chi connectivity index (χ4v) is 7.03. The van der Waals surface area contributed by atoms with Crippen LogP contribution in [0.3, 0.4) is 0 Å². The minimum Gasteiger partial charge on any atom is -0.490 e. The number of rotatable bonds is 10. The van der Waals surface area contributed by atoms with Crippen LogP contribution in [-0.4, -0.2) is 76.3 Å². The van der Waals surface area contributed by atoms with Crippen LogP contribution in [0, 0.1) is 11.3 Å². The lowest BCUT2D eigenvalue weighted by atomic mass is 9.95. The Labute approximate surface area is 321 Å². The van der Waals surface area contributed by atoms with Crippen LogP contribution in [0.4, 0.5) is 10.5 Å². The second kappa shape index (κ2) is 17.1. The monoisotopic (exact) mass is 748 g/mol. The highest BCUT2D eigenvalue weighted by molar-refractivity contribution is 6.06. The van der Waals surface area contributed by atoms with Crippen LogP contribution in [0.2, 0.25) is 0 Å². The molecule has 3 aromatic carbocycles. The molecule has 2 fully saturated rings. The predicted molar refractivity (Wildman–Crippen MR) is 206 cm³/mol. The first-order valence-corrected chi connectivity index (χ1v) is 18.8. The molecule has 1 N–H and O–H groups in total. The van der Waals surface area contributed by atoms with Gasteiger partial charge in [-0.2, -0.15) is 5.26 Å². The summed E-state index contributed by atoms with van der Waals surface area (Å²) in [4.78, 5) is 60.6. The fourth-order valence-electron chi connectivity index (χ4n) is 7.03.